The van der Waals surface area contributed by atoms with E-state index in [1.54, 1.807) is 23.8 Å². The largest absolute Gasteiger partial charge is 0.497 e. The van der Waals surface area contributed by atoms with E-state index < -0.39 is 6.04 Å². The molecule has 1 N–H and O–H groups in total. The summed E-state index contributed by atoms with van der Waals surface area (Å²) in [6.45, 7) is 2.57. The Morgan fingerprint density at radius 3 is 2.47 bits per heavy atom. The maximum atomic E-state index is 13.5. The van der Waals surface area contributed by atoms with Gasteiger partial charge in [-0.1, -0.05) is 49.2 Å². The van der Waals surface area contributed by atoms with Crippen LogP contribution in [0.5, 0.6) is 5.75 Å². The van der Waals surface area contributed by atoms with E-state index in [2.05, 4.69) is 5.32 Å². The zero-order valence-electron chi connectivity index (χ0n) is 22.1. The van der Waals surface area contributed by atoms with Gasteiger partial charge in [0.1, 0.15) is 11.8 Å². The van der Waals surface area contributed by atoms with Crippen molar-refractivity contribution in [2.45, 2.75) is 64.1 Å². The molecule has 0 spiro atoms. The topological polar surface area (TPSA) is 79.0 Å². The Kier molecular flexibility index (Phi) is 7.63. The third-order valence-corrected chi connectivity index (χ3v) is 7.80. The van der Waals surface area contributed by atoms with Crippen molar-refractivity contribution in [2.24, 2.45) is 0 Å². The number of hydrogen-bond donors (Lipinski definition) is 1. The number of amides is 3. The van der Waals surface area contributed by atoms with E-state index in [1.165, 1.54) is 0 Å². The van der Waals surface area contributed by atoms with Crippen LogP contribution in [0.15, 0.2) is 60.7 Å². The molecular weight excluding hydrogens is 478 g/mol. The molecule has 1 saturated carbocycles. The van der Waals surface area contributed by atoms with Crippen molar-refractivity contribution in [2.75, 3.05) is 18.6 Å². The fourth-order valence-corrected chi connectivity index (χ4v) is 5.64. The first kappa shape index (κ1) is 25.8. The van der Waals surface area contributed by atoms with E-state index in [0.717, 1.165) is 53.5 Å². The van der Waals surface area contributed by atoms with Crippen LogP contribution in [-0.2, 0) is 16.1 Å². The first-order valence-corrected chi connectivity index (χ1v) is 13.5. The van der Waals surface area contributed by atoms with Crippen molar-refractivity contribution in [3.05, 3.63) is 71.8 Å². The molecule has 3 aromatic rings. The summed E-state index contributed by atoms with van der Waals surface area (Å²) < 4.78 is 5.26. The van der Waals surface area contributed by atoms with Gasteiger partial charge in [0.25, 0.3) is 5.91 Å². The predicted octanol–water partition coefficient (Wildman–Crippen LogP) is 5.06. The number of carbonyl (C=O) groups is 3. The Bertz CT molecular complexity index is 1330. The number of nitrogens with one attached hydrogen (secondary N) is 1. The second-order valence-electron chi connectivity index (χ2n) is 10.3. The zero-order valence-corrected chi connectivity index (χ0v) is 22.1. The van der Waals surface area contributed by atoms with Gasteiger partial charge >= 0.3 is 0 Å². The summed E-state index contributed by atoms with van der Waals surface area (Å²) in [5, 5.41) is 5.16. The standard InChI is InChI=1S/C31H35N3O4/c1-21(30(36)32-24-10-3-4-11-24)34(20-22-15-17-25(38-2)18-16-22)28(35)14-7-19-33-27-13-6-9-23-8-5-12-26(29(23)27)31(33)37/h5-6,8-9,12-13,15-18,21,24H,3-4,7,10-11,14,19-20H2,1-2H3,(H,32,36)/t21-/m1/s1. The summed E-state index contributed by atoms with van der Waals surface area (Å²) in [6, 6.07) is 18.9. The first-order chi connectivity index (χ1) is 18.5. The molecule has 0 aromatic heterocycles. The van der Waals surface area contributed by atoms with Gasteiger partial charge in [-0.25, -0.2) is 0 Å². The molecule has 1 heterocycles. The molecule has 7 heteroatoms. The fraction of sp³-hybridized carbons (Fsp3) is 0.387. The number of rotatable bonds is 10. The van der Waals surface area contributed by atoms with E-state index >= 15 is 0 Å². The van der Waals surface area contributed by atoms with E-state index in [0.29, 0.717) is 25.1 Å². The van der Waals surface area contributed by atoms with Crippen molar-refractivity contribution in [3.63, 3.8) is 0 Å². The molecular formula is C31H35N3O4. The van der Waals surface area contributed by atoms with Crippen LogP contribution in [0.25, 0.3) is 10.8 Å². The highest BCUT2D eigenvalue weighted by molar-refractivity contribution is 6.25. The third kappa shape index (κ3) is 5.23. The molecule has 0 bridgehead atoms. The molecule has 5 rings (SSSR count). The molecule has 0 radical (unpaired) electrons. The normalized spacial score (nSPS) is 15.6. The van der Waals surface area contributed by atoms with Crippen LogP contribution in [0.1, 0.15) is 61.4 Å². The van der Waals surface area contributed by atoms with Gasteiger partial charge in [-0.2, -0.15) is 0 Å². The summed E-state index contributed by atoms with van der Waals surface area (Å²) in [7, 11) is 1.62. The van der Waals surface area contributed by atoms with Crippen LogP contribution in [-0.4, -0.2) is 48.4 Å². The van der Waals surface area contributed by atoms with Gasteiger partial charge in [0.2, 0.25) is 11.8 Å². The lowest BCUT2D eigenvalue weighted by Gasteiger charge is -2.30. The zero-order chi connectivity index (χ0) is 26.6. The van der Waals surface area contributed by atoms with Crippen molar-refractivity contribution >= 4 is 34.2 Å². The second kappa shape index (κ2) is 11.3. The number of nitrogens with zero attached hydrogens (tertiary/aromatic N) is 2. The molecule has 2 aliphatic rings. The van der Waals surface area contributed by atoms with Crippen molar-refractivity contribution in [1.82, 2.24) is 10.2 Å². The molecule has 1 aliphatic carbocycles. The Morgan fingerprint density at radius 1 is 1.05 bits per heavy atom. The fourth-order valence-electron chi connectivity index (χ4n) is 5.64. The van der Waals surface area contributed by atoms with E-state index in [4.69, 9.17) is 4.74 Å². The lowest BCUT2D eigenvalue weighted by molar-refractivity contribution is -0.141. The summed E-state index contributed by atoms with van der Waals surface area (Å²) in [5.74, 6) is 0.501. The lowest BCUT2D eigenvalue weighted by Crippen LogP contribution is -2.49. The van der Waals surface area contributed by atoms with Crippen LogP contribution in [0.2, 0.25) is 0 Å². The minimum Gasteiger partial charge on any atom is -0.497 e. The highest BCUT2D eigenvalue weighted by atomic mass is 16.5. The molecule has 7 nitrogen and oxygen atoms in total. The SMILES string of the molecule is COc1ccc(CN(C(=O)CCCN2C(=O)c3cccc4cccc2c34)[C@H](C)C(=O)NC2CCCC2)cc1. The lowest BCUT2D eigenvalue weighted by atomic mass is 10.1. The average molecular weight is 514 g/mol. The van der Waals surface area contributed by atoms with E-state index in [9.17, 15) is 14.4 Å². The summed E-state index contributed by atoms with van der Waals surface area (Å²) in [4.78, 5) is 43.2. The Balaban J connectivity index is 1.27. The number of methoxy groups -OCH3 is 1. The number of benzene rings is 3. The monoisotopic (exact) mass is 513 g/mol. The van der Waals surface area contributed by atoms with Crippen molar-refractivity contribution < 1.29 is 19.1 Å². The number of anilines is 1. The van der Waals surface area contributed by atoms with Gasteiger partial charge in [-0.05, 0) is 61.4 Å². The maximum absolute atomic E-state index is 13.5. The molecule has 0 saturated heterocycles. The average Bonchev–Trinajstić information content (AvgIpc) is 3.55. The smallest absolute Gasteiger partial charge is 0.258 e. The highest BCUT2D eigenvalue weighted by Crippen LogP contribution is 2.37. The van der Waals surface area contributed by atoms with Crippen LogP contribution in [0.4, 0.5) is 5.69 Å². The minimum absolute atomic E-state index is 0.0244. The van der Waals surface area contributed by atoms with Gasteiger partial charge in [0.15, 0.2) is 0 Å². The van der Waals surface area contributed by atoms with Crippen LogP contribution in [0, 0.1) is 0 Å². The molecule has 1 fully saturated rings. The van der Waals surface area contributed by atoms with Crippen molar-refractivity contribution in [1.29, 1.82) is 0 Å². The van der Waals surface area contributed by atoms with Gasteiger partial charge in [-0.3, -0.25) is 14.4 Å². The molecule has 1 atom stereocenters. The maximum Gasteiger partial charge on any atom is 0.258 e. The van der Waals surface area contributed by atoms with Crippen molar-refractivity contribution in [3.8, 4) is 5.75 Å². The predicted molar refractivity (Wildman–Crippen MR) is 148 cm³/mol. The molecule has 38 heavy (non-hydrogen) atoms. The second-order valence-corrected chi connectivity index (χ2v) is 10.3. The molecule has 3 aromatic carbocycles. The molecule has 3 amide bonds. The highest BCUT2D eigenvalue weighted by Gasteiger charge is 2.31. The number of carbonyl (C=O) groups excluding carboxylic acids is 3. The van der Waals surface area contributed by atoms with Gasteiger partial charge in [0.05, 0.1) is 12.8 Å². The molecule has 1 aliphatic heterocycles. The Hall–Kier alpha value is -3.87. The minimum atomic E-state index is -0.600. The van der Waals surface area contributed by atoms with Crippen LogP contribution in [0.3, 0.4) is 0 Å². The van der Waals surface area contributed by atoms with Crippen LogP contribution >= 0.6 is 0 Å². The van der Waals surface area contributed by atoms with Gasteiger partial charge in [0, 0.05) is 36.5 Å². The Labute approximate surface area is 223 Å². The molecule has 0 unspecified atom stereocenters. The number of hydrogen-bond acceptors (Lipinski definition) is 4. The Morgan fingerprint density at radius 2 is 1.76 bits per heavy atom. The summed E-state index contributed by atoms with van der Waals surface area (Å²) in [5.41, 5.74) is 2.54. The summed E-state index contributed by atoms with van der Waals surface area (Å²) >= 11 is 0. The van der Waals surface area contributed by atoms with E-state index in [-0.39, 0.29) is 30.2 Å². The quantitative estimate of drug-likeness (QED) is 0.411. The number of ether oxygens (including phenoxy) is 1. The summed E-state index contributed by atoms with van der Waals surface area (Å²) in [6.07, 6.45) is 4.98. The van der Waals surface area contributed by atoms with Crippen LogP contribution < -0.4 is 15.0 Å². The van der Waals surface area contributed by atoms with E-state index in [1.807, 2.05) is 60.7 Å². The first-order valence-electron chi connectivity index (χ1n) is 13.5. The third-order valence-electron chi connectivity index (χ3n) is 7.80. The van der Waals surface area contributed by atoms with Gasteiger partial charge < -0.3 is 19.9 Å². The molecule has 198 valence electrons. The van der Waals surface area contributed by atoms with Gasteiger partial charge in [-0.15, -0.1) is 0 Å².